The van der Waals surface area contributed by atoms with E-state index in [1.165, 1.54) is 7.11 Å². The van der Waals surface area contributed by atoms with Crippen LogP contribution in [0.2, 0.25) is 0 Å². The largest absolute Gasteiger partial charge is 0.494 e. The topological polar surface area (TPSA) is 108 Å². The van der Waals surface area contributed by atoms with Crippen LogP contribution < -0.4 is 20.3 Å². The molecule has 1 aromatic rings. The number of methoxy groups -OCH3 is 1. The van der Waals surface area contributed by atoms with Crippen molar-refractivity contribution < 1.29 is 23.9 Å². The zero-order valence-electron chi connectivity index (χ0n) is 17.9. The second-order valence-corrected chi connectivity index (χ2v) is 8.67. The maximum atomic E-state index is 12.9. The van der Waals surface area contributed by atoms with Crippen molar-refractivity contribution in [3.63, 3.8) is 0 Å². The molecule has 1 saturated carbocycles. The lowest BCUT2D eigenvalue weighted by Gasteiger charge is -2.33. The molecule has 9 heteroatoms. The summed E-state index contributed by atoms with van der Waals surface area (Å²) in [6.07, 6.45) is 4.26. The third-order valence-electron chi connectivity index (χ3n) is 6.50. The number of carbonyl (C=O) groups excluding carboxylic acids is 4. The van der Waals surface area contributed by atoms with Gasteiger partial charge in [0.15, 0.2) is 0 Å². The first-order chi connectivity index (χ1) is 14.8. The lowest BCUT2D eigenvalue weighted by molar-refractivity contribution is -0.135. The van der Waals surface area contributed by atoms with Gasteiger partial charge in [0.2, 0.25) is 11.8 Å². The molecule has 3 fully saturated rings. The molecule has 0 radical (unpaired) electrons. The van der Waals surface area contributed by atoms with Crippen molar-refractivity contribution >= 4 is 35.1 Å². The molecular weight excluding hydrogens is 400 g/mol. The number of ether oxygens (including phenoxy) is 1. The lowest BCUT2D eigenvalue weighted by atomic mass is 9.77. The van der Waals surface area contributed by atoms with Crippen molar-refractivity contribution in [2.75, 3.05) is 30.4 Å². The maximum absolute atomic E-state index is 12.9. The number of nitrogens with zero attached hydrogens (tertiary/aromatic N) is 2. The van der Waals surface area contributed by atoms with Crippen molar-refractivity contribution in [2.45, 2.75) is 51.0 Å². The summed E-state index contributed by atoms with van der Waals surface area (Å²) >= 11 is 0. The van der Waals surface area contributed by atoms with E-state index in [0.29, 0.717) is 48.8 Å². The quantitative estimate of drug-likeness (QED) is 0.700. The standard InChI is InChI=1S/C22H28N4O5/c1-14-7-9-22(10-8-14)20(29)26(21(30)24-22)13-18(27)23-15-5-6-16(17(12-15)31-2)25-11-3-4-19(25)28/h5-6,12,14H,3-4,7-11,13H2,1-2H3,(H,23,27)(H,24,30). The summed E-state index contributed by atoms with van der Waals surface area (Å²) in [6, 6.07) is 4.52. The molecule has 5 amide bonds. The molecule has 3 aliphatic rings. The van der Waals surface area contributed by atoms with Crippen LogP contribution in [0.15, 0.2) is 18.2 Å². The number of nitrogens with one attached hydrogen (secondary N) is 2. The van der Waals surface area contributed by atoms with Crippen molar-refractivity contribution in [3.8, 4) is 5.75 Å². The molecule has 166 valence electrons. The number of hydrogen-bond donors (Lipinski definition) is 2. The number of amides is 5. The minimum absolute atomic E-state index is 0.0414. The van der Waals surface area contributed by atoms with E-state index < -0.39 is 17.5 Å². The Morgan fingerprint density at radius 2 is 2.00 bits per heavy atom. The van der Waals surface area contributed by atoms with Gasteiger partial charge in [-0.3, -0.25) is 19.3 Å². The van der Waals surface area contributed by atoms with E-state index >= 15 is 0 Å². The summed E-state index contributed by atoms with van der Waals surface area (Å²) in [5.74, 6) is 0.247. The van der Waals surface area contributed by atoms with Crippen LogP contribution in [-0.2, 0) is 14.4 Å². The summed E-state index contributed by atoms with van der Waals surface area (Å²) in [5, 5.41) is 5.54. The van der Waals surface area contributed by atoms with Crippen LogP contribution >= 0.6 is 0 Å². The fraction of sp³-hybridized carbons (Fsp3) is 0.545. The van der Waals surface area contributed by atoms with Crippen LogP contribution in [0, 0.1) is 5.92 Å². The lowest BCUT2D eigenvalue weighted by Crippen LogP contribution is -2.49. The van der Waals surface area contributed by atoms with Gasteiger partial charge < -0.3 is 20.3 Å². The Morgan fingerprint density at radius 1 is 1.26 bits per heavy atom. The van der Waals surface area contributed by atoms with Gasteiger partial charge in [-0.2, -0.15) is 0 Å². The number of anilines is 2. The number of carbonyl (C=O) groups is 4. The molecule has 2 N–H and O–H groups in total. The van der Waals surface area contributed by atoms with Crippen LogP contribution in [-0.4, -0.2) is 54.4 Å². The minimum atomic E-state index is -0.864. The Kier molecular flexibility index (Phi) is 5.60. The van der Waals surface area contributed by atoms with E-state index in [1.807, 2.05) is 0 Å². The number of imide groups is 1. The highest BCUT2D eigenvalue weighted by Crippen LogP contribution is 2.36. The van der Waals surface area contributed by atoms with Gasteiger partial charge in [0.1, 0.15) is 17.8 Å². The molecule has 31 heavy (non-hydrogen) atoms. The van der Waals surface area contributed by atoms with Gasteiger partial charge in [0.05, 0.1) is 12.8 Å². The Bertz CT molecular complexity index is 922. The van der Waals surface area contributed by atoms with Gasteiger partial charge in [-0.15, -0.1) is 0 Å². The highest BCUT2D eigenvalue weighted by atomic mass is 16.5. The third kappa shape index (κ3) is 3.96. The molecule has 4 rings (SSSR count). The molecule has 1 spiro atoms. The Morgan fingerprint density at radius 3 is 2.65 bits per heavy atom. The van der Waals surface area contributed by atoms with E-state index in [9.17, 15) is 19.2 Å². The Labute approximate surface area is 181 Å². The van der Waals surface area contributed by atoms with Crippen LogP contribution in [0.4, 0.5) is 16.2 Å². The summed E-state index contributed by atoms with van der Waals surface area (Å²) < 4.78 is 5.41. The first kappa shape index (κ1) is 21.1. The van der Waals surface area contributed by atoms with Crippen LogP contribution in [0.5, 0.6) is 5.75 Å². The summed E-state index contributed by atoms with van der Waals surface area (Å²) in [5.41, 5.74) is 0.257. The average molecular weight is 428 g/mol. The number of urea groups is 1. The van der Waals surface area contributed by atoms with Gasteiger partial charge in [0, 0.05) is 24.7 Å². The van der Waals surface area contributed by atoms with Gasteiger partial charge in [-0.25, -0.2) is 4.79 Å². The van der Waals surface area contributed by atoms with Crippen molar-refractivity contribution in [1.29, 1.82) is 0 Å². The molecule has 9 nitrogen and oxygen atoms in total. The zero-order chi connectivity index (χ0) is 22.2. The number of rotatable bonds is 5. The predicted octanol–water partition coefficient (Wildman–Crippen LogP) is 2.26. The normalized spacial score (nSPS) is 25.9. The molecule has 1 aromatic carbocycles. The van der Waals surface area contributed by atoms with Crippen LogP contribution in [0.25, 0.3) is 0 Å². The number of benzene rings is 1. The average Bonchev–Trinajstić information content (AvgIpc) is 3.27. The smallest absolute Gasteiger partial charge is 0.325 e. The predicted molar refractivity (Wildman–Crippen MR) is 114 cm³/mol. The molecule has 0 bridgehead atoms. The van der Waals surface area contributed by atoms with Gasteiger partial charge in [0.25, 0.3) is 5.91 Å². The maximum Gasteiger partial charge on any atom is 0.325 e. The molecule has 1 aliphatic carbocycles. The molecule has 2 saturated heterocycles. The molecular formula is C22H28N4O5. The van der Waals surface area contributed by atoms with Crippen molar-refractivity contribution in [1.82, 2.24) is 10.2 Å². The van der Waals surface area contributed by atoms with Crippen LogP contribution in [0.3, 0.4) is 0 Å². The highest BCUT2D eigenvalue weighted by molar-refractivity contribution is 6.10. The molecule has 2 heterocycles. The molecule has 0 atom stereocenters. The summed E-state index contributed by atoms with van der Waals surface area (Å²) in [4.78, 5) is 52.6. The van der Waals surface area contributed by atoms with Gasteiger partial charge in [-0.05, 0) is 50.2 Å². The number of hydrogen-bond acceptors (Lipinski definition) is 5. The SMILES string of the molecule is COc1cc(NC(=O)CN2C(=O)NC3(CCC(C)CC3)C2=O)ccc1N1CCCC1=O. The second kappa shape index (κ2) is 8.20. The third-order valence-corrected chi connectivity index (χ3v) is 6.50. The van der Waals surface area contributed by atoms with E-state index in [0.717, 1.165) is 24.2 Å². The summed E-state index contributed by atoms with van der Waals surface area (Å²) in [7, 11) is 1.50. The van der Waals surface area contributed by atoms with Gasteiger partial charge >= 0.3 is 6.03 Å². The first-order valence-corrected chi connectivity index (χ1v) is 10.8. The second-order valence-electron chi connectivity index (χ2n) is 8.67. The fourth-order valence-corrected chi connectivity index (χ4v) is 4.64. The molecule has 0 unspecified atom stereocenters. The zero-order valence-corrected chi connectivity index (χ0v) is 17.9. The summed E-state index contributed by atoms with van der Waals surface area (Å²) in [6.45, 7) is 2.42. The van der Waals surface area contributed by atoms with Crippen LogP contribution in [0.1, 0.15) is 45.4 Å². The van der Waals surface area contributed by atoms with Crippen molar-refractivity contribution in [3.05, 3.63) is 18.2 Å². The van der Waals surface area contributed by atoms with E-state index in [2.05, 4.69) is 17.6 Å². The molecule has 0 aromatic heterocycles. The van der Waals surface area contributed by atoms with E-state index in [1.54, 1.807) is 23.1 Å². The fourth-order valence-electron chi connectivity index (χ4n) is 4.64. The minimum Gasteiger partial charge on any atom is -0.494 e. The Balaban J connectivity index is 1.42. The van der Waals surface area contributed by atoms with E-state index in [-0.39, 0.29) is 18.4 Å². The van der Waals surface area contributed by atoms with E-state index in [4.69, 9.17) is 4.74 Å². The first-order valence-electron chi connectivity index (χ1n) is 10.8. The Hall–Kier alpha value is -3.10. The monoisotopic (exact) mass is 428 g/mol. The van der Waals surface area contributed by atoms with Gasteiger partial charge in [-0.1, -0.05) is 6.92 Å². The highest BCUT2D eigenvalue weighted by Gasteiger charge is 2.52. The molecule has 2 aliphatic heterocycles. The van der Waals surface area contributed by atoms with Crippen molar-refractivity contribution in [2.24, 2.45) is 5.92 Å².